The van der Waals surface area contributed by atoms with E-state index in [1.807, 2.05) is 18.2 Å². The van der Waals surface area contributed by atoms with E-state index >= 15 is 0 Å². The molecule has 0 atom stereocenters. The Morgan fingerprint density at radius 1 is 1.24 bits per heavy atom. The number of ether oxygens (including phenoxy) is 1. The number of carbonyl (C=O) groups is 1. The van der Waals surface area contributed by atoms with E-state index in [0.717, 1.165) is 31.9 Å². The number of anilines is 1. The van der Waals surface area contributed by atoms with Gasteiger partial charge in [-0.3, -0.25) is 9.79 Å². The Labute approximate surface area is 148 Å². The van der Waals surface area contributed by atoms with Crippen LogP contribution in [0.5, 0.6) is 5.75 Å². The molecule has 0 aliphatic carbocycles. The normalized spacial score (nSPS) is 15.2. The van der Waals surface area contributed by atoms with Crippen LogP contribution in [0.1, 0.15) is 0 Å². The molecule has 1 saturated heterocycles. The molecule has 2 rings (SSSR count). The van der Waals surface area contributed by atoms with Gasteiger partial charge in [-0.05, 0) is 12.1 Å². The van der Waals surface area contributed by atoms with Gasteiger partial charge in [0.2, 0.25) is 5.91 Å². The van der Waals surface area contributed by atoms with E-state index in [-0.39, 0.29) is 12.5 Å². The first-order valence-corrected chi connectivity index (χ1v) is 8.40. The topological polar surface area (TPSA) is 89.4 Å². The van der Waals surface area contributed by atoms with Crippen LogP contribution in [0.2, 0.25) is 0 Å². The highest BCUT2D eigenvalue weighted by Gasteiger charge is 2.21. The number of hydrogen-bond acceptors (Lipinski definition) is 5. The average molecular weight is 349 g/mol. The van der Waals surface area contributed by atoms with Crippen LogP contribution >= 0.6 is 0 Å². The van der Waals surface area contributed by atoms with Gasteiger partial charge >= 0.3 is 0 Å². The summed E-state index contributed by atoms with van der Waals surface area (Å²) in [4.78, 5) is 20.3. The summed E-state index contributed by atoms with van der Waals surface area (Å²) in [6.07, 6.45) is 0. The third kappa shape index (κ3) is 5.53. The van der Waals surface area contributed by atoms with E-state index in [4.69, 9.17) is 4.74 Å². The van der Waals surface area contributed by atoms with Crippen molar-refractivity contribution in [2.45, 2.75) is 0 Å². The lowest BCUT2D eigenvalue weighted by atomic mass is 10.2. The van der Waals surface area contributed by atoms with E-state index < -0.39 is 0 Å². The lowest BCUT2D eigenvalue weighted by molar-refractivity contribution is -0.120. The molecule has 138 valence electrons. The molecule has 0 spiro atoms. The van der Waals surface area contributed by atoms with Gasteiger partial charge in [0.05, 0.1) is 18.8 Å². The number of nitrogens with one attached hydrogen (secondary N) is 2. The number of benzene rings is 1. The summed E-state index contributed by atoms with van der Waals surface area (Å²) in [7, 11) is 3.31. The average Bonchev–Trinajstić information content (AvgIpc) is 2.63. The van der Waals surface area contributed by atoms with Crippen molar-refractivity contribution in [2.24, 2.45) is 4.99 Å². The lowest BCUT2D eigenvalue weighted by Gasteiger charge is -2.37. The van der Waals surface area contributed by atoms with Crippen LogP contribution in [-0.4, -0.2) is 81.9 Å². The van der Waals surface area contributed by atoms with Crippen molar-refractivity contribution in [2.75, 3.05) is 64.9 Å². The van der Waals surface area contributed by atoms with Crippen molar-refractivity contribution in [1.29, 1.82) is 0 Å². The van der Waals surface area contributed by atoms with E-state index in [9.17, 15) is 9.90 Å². The van der Waals surface area contributed by atoms with Crippen LogP contribution in [0.25, 0.3) is 0 Å². The van der Waals surface area contributed by atoms with Gasteiger partial charge in [-0.1, -0.05) is 12.1 Å². The molecule has 1 fully saturated rings. The molecular weight excluding hydrogens is 322 g/mol. The number of phenols is 1. The van der Waals surface area contributed by atoms with Gasteiger partial charge < -0.3 is 30.3 Å². The lowest BCUT2D eigenvalue weighted by Crippen LogP contribution is -2.53. The predicted molar refractivity (Wildman–Crippen MR) is 98.1 cm³/mol. The smallest absolute Gasteiger partial charge is 0.239 e. The Balaban J connectivity index is 1.80. The van der Waals surface area contributed by atoms with E-state index in [2.05, 4.69) is 25.4 Å². The van der Waals surface area contributed by atoms with Gasteiger partial charge in [0, 0.05) is 46.9 Å². The molecule has 0 bridgehead atoms. The third-order valence-electron chi connectivity index (χ3n) is 4.05. The highest BCUT2D eigenvalue weighted by Crippen LogP contribution is 2.27. The minimum Gasteiger partial charge on any atom is -0.506 e. The standard InChI is InChI=1S/C17H27N5O3/c1-18-17(20-13-16(24)19-7-12-25-2)22-10-8-21(9-11-22)14-5-3-4-6-15(14)23/h3-6,23H,7-13H2,1-2H3,(H,18,20)(H,19,24). The van der Waals surface area contributed by atoms with Crippen LogP contribution in [0.4, 0.5) is 5.69 Å². The zero-order valence-electron chi connectivity index (χ0n) is 14.9. The summed E-state index contributed by atoms with van der Waals surface area (Å²) in [5.74, 6) is 0.913. The fraction of sp³-hybridized carbons (Fsp3) is 0.529. The number of aromatic hydroxyl groups is 1. The maximum absolute atomic E-state index is 11.8. The Kier molecular flexibility index (Phi) is 7.34. The van der Waals surface area contributed by atoms with Crippen LogP contribution in [-0.2, 0) is 9.53 Å². The first kappa shape index (κ1) is 18.9. The van der Waals surface area contributed by atoms with E-state index in [0.29, 0.717) is 24.9 Å². The van der Waals surface area contributed by atoms with Crippen LogP contribution in [0.3, 0.4) is 0 Å². The number of aliphatic imine (C=N–C) groups is 1. The highest BCUT2D eigenvalue weighted by atomic mass is 16.5. The fourth-order valence-electron chi connectivity index (χ4n) is 2.74. The molecule has 1 amide bonds. The molecule has 3 N–H and O–H groups in total. The summed E-state index contributed by atoms with van der Waals surface area (Å²) in [5.41, 5.74) is 0.850. The summed E-state index contributed by atoms with van der Waals surface area (Å²) < 4.78 is 4.90. The Morgan fingerprint density at radius 2 is 1.96 bits per heavy atom. The molecule has 8 heteroatoms. The van der Waals surface area contributed by atoms with Gasteiger partial charge in [-0.25, -0.2) is 0 Å². The molecule has 0 saturated carbocycles. The third-order valence-corrected chi connectivity index (χ3v) is 4.05. The van der Waals surface area contributed by atoms with Crippen molar-refractivity contribution in [3.63, 3.8) is 0 Å². The number of nitrogens with zero attached hydrogens (tertiary/aromatic N) is 3. The second-order valence-electron chi connectivity index (χ2n) is 5.71. The second kappa shape index (κ2) is 9.73. The number of hydrogen-bond donors (Lipinski definition) is 3. The maximum atomic E-state index is 11.8. The molecule has 1 heterocycles. The molecule has 1 aliphatic heterocycles. The second-order valence-corrected chi connectivity index (χ2v) is 5.71. The maximum Gasteiger partial charge on any atom is 0.239 e. The molecule has 0 radical (unpaired) electrons. The quantitative estimate of drug-likeness (QED) is 0.376. The molecule has 25 heavy (non-hydrogen) atoms. The van der Waals surface area contributed by atoms with Gasteiger partial charge in [0.1, 0.15) is 5.75 Å². The minimum atomic E-state index is -0.0916. The first-order valence-electron chi connectivity index (χ1n) is 8.40. The Hall–Kier alpha value is -2.48. The van der Waals surface area contributed by atoms with Crippen molar-refractivity contribution in [1.82, 2.24) is 15.5 Å². The fourth-order valence-corrected chi connectivity index (χ4v) is 2.74. The van der Waals surface area contributed by atoms with Gasteiger partial charge in [0.15, 0.2) is 5.96 Å². The predicted octanol–water partition coefficient (Wildman–Crippen LogP) is -0.148. The van der Waals surface area contributed by atoms with Crippen molar-refractivity contribution < 1.29 is 14.6 Å². The summed E-state index contributed by atoms with van der Waals surface area (Å²) in [6, 6.07) is 7.36. The van der Waals surface area contributed by atoms with Gasteiger partial charge in [0.25, 0.3) is 0 Å². The summed E-state index contributed by atoms with van der Waals surface area (Å²) in [6.45, 7) is 4.24. The zero-order chi connectivity index (χ0) is 18.1. The number of methoxy groups -OCH3 is 1. The summed E-state index contributed by atoms with van der Waals surface area (Å²) >= 11 is 0. The van der Waals surface area contributed by atoms with Gasteiger partial charge in [-0.15, -0.1) is 0 Å². The molecule has 0 aromatic heterocycles. The first-order chi connectivity index (χ1) is 12.2. The van der Waals surface area contributed by atoms with Crippen molar-refractivity contribution in [3.8, 4) is 5.75 Å². The molecule has 1 aromatic carbocycles. The number of guanidine groups is 1. The largest absolute Gasteiger partial charge is 0.506 e. The number of phenolic OH excluding ortho intramolecular Hbond substituents is 1. The number of amides is 1. The molecule has 1 aliphatic rings. The van der Waals surface area contributed by atoms with Gasteiger partial charge in [-0.2, -0.15) is 0 Å². The number of carbonyl (C=O) groups excluding carboxylic acids is 1. The molecule has 0 unspecified atom stereocenters. The van der Waals surface area contributed by atoms with E-state index in [1.165, 1.54) is 0 Å². The van der Waals surface area contributed by atoms with Crippen LogP contribution in [0, 0.1) is 0 Å². The Bertz CT molecular complexity index is 585. The highest BCUT2D eigenvalue weighted by molar-refractivity contribution is 5.86. The van der Waals surface area contributed by atoms with Crippen LogP contribution in [0.15, 0.2) is 29.3 Å². The minimum absolute atomic E-state index is 0.0916. The summed E-state index contributed by atoms with van der Waals surface area (Å²) in [5, 5.41) is 15.8. The Morgan fingerprint density at radius 3 is 2.60 bits per heavy atom. The van der Waals surface area contributed by atoms with Crippen molar-refractivity contribution in [3.05, 3.63) is 24.3 Å². The molecular formula is C17H27N5O3. The SMILES string of the molecule is CN=C(NCC(=O)NCCOC)N1CCN(c2ccccc2O)CC1. The van der Waals surface area contributed by atoms with Crippen molar-refractivity contribution >= 4 is 17.6 Å². The number of rotatable bonds is 6. The molecule has 8 nitrogen and oxygen atoms in total. The number of piperazine rings is 1. The van der Waals surface area contributed by atoms with E-state index in [1.54, 1.807) is 20.2 Å². The number of para-hydroxylation sites is 2. The van der Waals surface area contributed by atoms with Crippen LogP contribution < -0.4 is 15.5 Å². The molecule has 1 aromatic rings. The zero-order valence-corrected chi connectivity index (χ0v) is 14.9. The monoisotopic (exact) mass is 349 g/mol.